The smallest absolute Gasteiger partial charge is 0.208 e. The van der Waals surface area contributed by atoms with Gasteiger partial charge in [0.1, 0.15) is 0 Å². The minimum atomic E-state index is -3.66. The highest BCUT2D eigenvalue weighted by Gasteiger charge is 2.35. The third-order valence-corrected chi connectivity index (χ3v) is 4.85. The van der Waals surface area contributed by atoms with Crippen LogP contribution in [0.2, 0.25) is 0 Å². The molecule has 3 rings (SSSR count). The molecule has 0 aromatic heterocycles. The number of hydrogen-bond donors (Lipinski definition) is 1. The number of carbonyl (C=O) groups excluding carboxylic acids is 1. The molecule has 2 N–H and O–H groups in total. The first-order valence-corrected chi connectivity index (χ1v) is 6.79. The monoisotopic (exact) mass is 259 g/mol. The molecule has 0 fully saturated rings. The van der Waals surface area contributed by atoms with E-state index in [1.807, 2.05) is 0 Å². The van der Waals surface area contributed by atoms with Gasteiger partial charge >= 0.3 is 0 Å². The zero-order valence-corrected chi connectivity index (χ0v) is 10.1. The summed E-state index contributed by atoms with van der Waals surface area (Å²) in [5.41, 5.74) is 6.18. The van der Waals surface area contributed by atoms with Crippen LogP contribution in [0, 0.1) is 0 Å². The molecular formula is C13H9NO3S. The average molecular weight is 259 g/mol. The Hall–Kier alpha value is -2.14. The highest BCUT2D eigenvalue weighted by Crippen LogP contribution is 2.36. The van der Waals surface area contributed by atoms with Gasteiger partial charge in [0.05, 0.1) is 15.4 Å². The van der Waals surface area contributed by atoms with E-state index in [2.05, 4.69) is 0 Å². The molecule has 1 aliphatic heterocycles. The molecular weight excluding hydrogens is 250 g/mol. The Labute approximate surface area is 104 Å². The largest absolute Gasteiger partial charge is 0.398 e. The molecule has 0 radical (unpaired) electrons. The Morgan fingerprint density at radius 3 is 2.33 bits per heavy atom. The summed E-state index contributed by atoms with van der Waals surface area (Å²) in [6.07, 6.45) is 0. The molecule has 4 nitrogen and oxygen atoms in total. The van der Waals surface area contributed by atoms with Gasteiger partial charge in [-0.05, 0) is 24.3 Å². The fourth-order valence-electron chi connectivity index (χ4n) is 2.16. The van der Waals surface area contributed by atoms with Crippen LogP contribution in [0.3, 0.4) is 0 Å². The number of ketones is 1. The van der Waals surface area contributed by atoms with Crippen molar-refractivity contribution < 1.29 is 13.2 Å². The number of benzene rings is 2. The fraction of sp³-hybridized carbons (Fsp3) is 0. The van der Waals surface area contributed by atoms with Crippen molar-refractivity contribution in [1.29, 1.82) is 0 Å². The minimum absolute atomic E-state index is 0.00815. The Kier molecular flexibility index (Phi) is 2.09. The van der Waals surface area contributed by atoms with E-state index in [-0.39, 0.29) is 32.4 Å². The first kappa shape index (κ1) is 11.0. The number of nitrogens with two attached hydrogens (primary N) is 1. The molecule has 0 spiro atoms. The van der Waals surface area contributed by atoms with Crippen molar-refractivity contribution in [3.8, 4) is 0 Å². The maximum atomic E-state index is 12.4. The number of carbonyl (C=O) groups is 1. The van der Waals surface area contributed by atoms with Crippen LogP contribution >= 0.6 is 0 Å². The van der Waals surface area contributed by atoms with Gasteiger partial charge in [0.2, 0.25) is 9.84 Å². The molecule has 1 heterocycles. The summed E-state index contributed by atoms with van der Waals surface area (Å²) in [4.78, 5) is 12.3. The lowest BCUT2D eigenvalue weighted by molar-refractivity contribution is 0.103. The number of fused-ring (bicyclic) bond motifs is 2. The van der Waals surface area contributed by atoms with Crippen molar-refractivity contribution in [2.45, 2.75) is 9.79 Å². The Balaban J connectivity index is 2.49. The summed E-state index contributed by atoms with van der Waals surface area (Å²) in [6.45, 7) is 0. The molecule has 2 aromatic rings. The Morgan fingerprint density at radius 2 is 1.56 bits per heavy atom. The number of hydrogen-bond acceptors (Lipinski definition) is 4. The maximum absolute atomic E-state index is 12.4. The second kappa shape index (κ2) is 3.43. The van der Waals surface area contributed by atoms with Crippen LogP contribution in [0.4, 0.5) is 5.69 Å². The summed E-state index contributed by atoms with van der Waals surface area (Å²) in [6, 6.07) is 10.7. The van der Waals surface area contributed by atoms with Gasteiger partial charge in [-0.3, -0.25) is 4.79 Å². The molecule has 18 heavy (non-hydrogen) atoms. The molecule has 90 valence electrons. The average Bonchev–Trinajstić information content (AvgIpc) is 2.36. The molecule has 0 bridgehead atoms. The van der Waals surface area contributed by atoms with Gasteiger partial charge in [0.15, 0.2) is 5.78 Å². The molecule has 2 aromatic carbocycles. The van der Waals surface area contributed by atoms with E-state index in [9.17, 15) is 13.2 Å². The van der Waals surface area contributed by atoms with Crippen LogP contribution in [-0.4, -0.2) is 14.2 Å². The number of anilines is 1. The Bertz CT molecular complexity index is 779. The van der Waals surface area contributed by atoms with Crippen LogP contribution in [0.25, 0.3) is 0 Å². The Morgan fingerprint density at radius 1 is 0.889 bits per heavy atom. The van der Waals surface area contributed by atoms with Gasteiger partial charge in [-0.2, -0.15) is 0 Å². The summed E-state index contributed by atoms with van der Waals surface area (Å²) >= 11 is 0. The van der Waals surface area contributed by atoms with E-state index in [0.29, 0.717) is 0 Å². The van der Waals surface area contributed by atoms with Crippen molar-refractivity contribution in [3.63, 3.8) is 0 Å². The quantitative estimate of drug-likeness (QED) is 0.623. The van der Waals surface area contributed by atoms with Gasteiger partial charge in [-0.1, -0.05) is 18.2 Å². The normalized spacial score (nSPS) is 15.9. The van der Waals surface area contributed by atoms with E-state index in [1.54, 1.807) is 12.1 Å². The highest BCUT2D eigenvalue weighted by atomic mass is 32.2. The van der Waals surface area contributed by atoms with Crippen molar-refractivity contribution >= 4 is 21.3 Å². The molecule has 5 heteroatoms. The molecule has 0 atom stereocenters. The zero-order chi connectivity index (χ0) is 12.9. The number of nitrogen functional groups attached to an aromatic ring is 1. The van der Waals surface area contributed by atoms with Gasteiger partial charge in [-0.15, -0.1) is 0 Å². The lowest BCUT2D eigenvalue weighted by Gasteiger charge is -2.19. The predicted octanol–water partition coefficient (Wildman–Crippen LogP) is 1.65. The van der Waals surface area contributed by atoms with Crippen LogP contribution in [0.5, 0.6) is 0 Å². The number of sulfone groups is 1. The highest BCUT2D eigenvalue weighted by molar-refractivity contribution is 7.91. The lowest BCUT2D eigenvalue weighted by atomic mass is 10.0. The van der Waals surface area contributed by atoms with E-state index in [4.69, 9.17) is 5.73 Å². The van der Waals surface area contributed by atoms with Crippen LogP contribution in [0.15, 0.2) is 52.3 Å². The summed E-state index contributed by atoms with van der Waals surface area (Å²) in [7, 11) is -3.66. The molecule has 0 saturated carbocycles. The lowest BCUT2D eigenvalue weighted by Crippen LogP contribution is -2.21. The number of rotatable bonds is 0. The summed E-state index contributed by atoms with van der Waals surface area (Å²) in [5, 5.41) is 0. The minimum Gasteiger partial charge on any atom is -0.398 e. The van der Waals surface area contributed by atoms with Gasteiger partial charge in [-0.25, -0.2) is 8.42 Å². The van der Waals surface area contributed by atoms with E-state index < -0.39 is 9.84 Å². The van der Waals surface area contributed by atoms with E-state index >= 15 is 0 Å². The third kappa shape index (κ3) is 1.25. The molecule has 1 aliphatic rings. The summed E-state index contributed by atoms with van der Waals surface area (Å²) in [5.74, 6) is -0.339. The van der Waals surface area contributed by atoms with Crippen LogP contribution < -0.4 is 5.73 Å². The summed E-state index contributed by atoms with van der Waals surface area (Å²) < 4.78 is 24.8. The first-order chi connectivity index (χ1) is 8.53. The molecule has 0 saturated heterocycles. The van der Waals surface area contributed by atoms with Gasteiger partial charge < -0.3 is 5.73 Å². The molecule has 0 aliphatic carbocycles. The van der Waals surface area contributed by atoms with Crippen molar-refractivity contribution in [1.82, 2.24) is 0 Å². The predicted molar refractivity (Wildman–Crippen MR) is 66.2 cm³/mol. The van der Waals surface area contributed by atoms with Crippen molar-refractivity contribution in [2.24, 2.45) is 0 Å². The SMILES string of the molecule is Nc1cccc2c1C(=O)c1ccccc1S2(=O)=O. The standard InChI is InChI=1S/C13H9NO3S/c14-9-5-3-7-11-12(9)13(15)8-4-1-2-6-10(8)18(11,16)17/h1-7H,14H2. The zero-order valence-electron chi connectivity index (χ0n) is 9.25. The fourth-order valence-corrected chi connectivity index (χ4v) is 3.84. The second-order valence-electron chi connectivity index (χ2n) is 4.05. The van der Waals surface area contributed by atoms with Gasteiger partial charge in [0.25, 0.3) is 0 Å². The van der Waals surface area contributed by atoms with Crippen LogP contribution in [-0.2, 0) is 9.84 Å². The van der Waals surface area contributed by atoms with Crippen LogP contribution in [0.1, 0.15) is 15.9 Å². The third-order valence-electron chi connectivity index (χ3n) is 3.00. The first-order valence-electron chi connectivity index (χ1n) is 5.31. The molecule has 0 unspecified atom stereocenters. The van der Waals surface area contributed by atoms with E-state index in [1.165, 1.54) is 30.3 Å². The van der Waals surface area contributed by atoms with Gasteiger partial charge in [0, 0.05) is 11.3 Å². The second-order valence-corrected chi connectivity index (χ2v) is 5.94. The van der Waals surface area contributed by atoms with Crippen molar-refractivity contribution in [2.75, 3.05) is 5.73 Å². The van der Waals surface area contributed by atoms with E-state index in [0.717, 1.165) is 0 Å². The topological polar surface area (TPSA) is 77.2 Å². The van der Waals surface area contributed by atoms with Crippen molar-refractivity contribution in [3.05, 3.63) is 53.6 Å². The molecule has 0 amide bonds. The maximum Gasteiger partial charge on any atom is 0.208 e.